The third-order valence-electron chi connectivity index (χ3n) is 11.6. The highest BCUT2D eigenvalue weighted by atomic mass is 32.2. The lowest BCUT2D eigenvalue weighted by Crippen LogP contribution is -2.63. The van der Waals surface area contributed by atoms with E-state index in [2.05, 4.69) is 33.0 Å². The normalized spacial score (nSPS) is 43.3. The SMILES string of the molecule is CC[C@@H](C)[C@H]1CCC2C3CCC4C[C@@](NCCS(=O)(=O)O)(OC(C)=O)CC[C@]4(C)C3C[C@H](OC(C)=O)[C@@]21C. The lowest BCUT2D eigenvalue weighted by Gasteiger charge is -2.63. The average Bonchev–Trinajstić information content (AvgIpc) is 3.16. The summed E-state index contributed by atoms with van der Waals surface area (Å²) in [6.07, 6.45) is 8.53. The van der Waals surface area contributed by atoms with E-state index in [0.717, 1.165) is 32.1 Å². The molecule has 0 aromatic carbocycles. The van der Waals surface area contributed by atoms with Crippen LogP contribution < -0.4 is 5.32 Å². The van der Waals surface area contributed by atoms with E-state index in [0.29, 0.717) is 48.3 Å². The molecule has 4 unspecified atom stereocenters. The lowest BCUT2D eigenvalue weighted by molar-refractivity contribution is -0.210. The van der Waals surface area contributed by atoms with Crippen LogP contribution in [0.2, 0.25) is 0 Å². The second-order valence-corrected chi connectivity index (χ2v) is 15.0. The molecule has 9 heteroatoms. The number of fused-ring (bicyclic) bond motifs is 5. The van der Waals surface area contributed by atoms with E-state index in [1.807, 2.05) is 0 Å². The summed E-state index contributed by atoms with van der Waals surface area (Å²) in [6.45, 7) is 12.4. The minimum absolute atomic E-state index is 0.00102. The molecule has 4 aliphatic carbocycles. The van der Waals surface area contributed by atoms with Crippen molar-refractivity contribution in [3.05, 3.63) is 0 Å². The number of carbonyl (C=O) groups excluding carboxylic acids is 2. The van der Waals surface area contributed by atoms with Crippen molar-refractivity contribution in [1.29, 1.82) is 0 Å². The third kappa shape index (κ3) is 5.40. The summed E-state index contributed by atoms with van der Waals surface area (Å²) >= 11 is 0. The summed E-state index contributed by atoms with van der Waals surface area (Å²) in [7, 11) is -4.12. The van der Waals surface area contributed by atoms with Gasteiger partial charge in [-0.05, 0) is 79.4 Å². The fourth-order valence-corrected chi connectivity index (χ4v) is 10.1. The van der Waals surface area contributed by atoms with Crippen LogP contribution in [-0.2, 0) is 29.2 Å². The van der Waals surface area contributed by atoms with Crippen LogP contribution in [-0.4, -0.2) is 49.0 Å². The predicted octanol–water partition coefficient (Wildman–Crippen LogP) is 4.97. The van der Waals surface area contributed by atoms with E-state index < -0.39 is 27.6 Å². The fourth-order valence-electron chi connectivity index (χ4n) is 9.76. The summed E-state index contributed by atoms with van der Waals surface area (Å²) in [5.41, 5.74) is -0.911. The standard InChI is InChI=1S/C29H49NO7S/c1-7-18(2)23-10-11-24-22-9-8-21-17-29(37-20(4)32,30-14-15-38(33,34)35)13-12-27(21,5)25(22)16-26(28(23,24)6)36-19(3)31/h18,21-26,30H,7-17H2,1-6H3,(H,33,34,35)/t18-,21?,22?,23-,24?,25?,26+,27+,28-,29+/m1/s1. The number of ether oxygens (including phenoxy) is 2. The van der Waals surface area contributed by atoms with E-state index in [4.69, 9.17) is 9.47 Å². The Balaban J connectivity index is 1.61. The molecule has 0 amide bonds. The largest absolute Gasteiger partial charge is 0.462 e. The first-order valence-corrected chi connectivity index (χ1v) is 16.3. The fraction of sp³-hybridized carbons (Fsp3) is 0.931. The molecular formula is C29H49NO7S. The van der Waals surface area contributed by atoms with Crippen molar-refractivity contribution in [3.8, 4) is 0 Å². The van der Waals surface area contributed by atoms with Gasteiger partial charge in [-0.2, -0.15) is 8.42 Å². The number of nitrogens with one attached hydrogen (secondary N) is 1. The van der Waals surface area contributed by atoms with Gasteiger partial charge in [0.25, 0.3) is 10.1 Å². The van der Waals surface area contributed by atoms with Crippen molar-refractivity contribution in [3.63, 3.8) is 0 Å². The molecule has 0 radical (unpaired) electrons. The molecule has 4 rings (SSSR count). The van der Waals surface area contributed by atoms with Crippen molar-refractivity contribution in [2.75, 3.05) is 12.3 Å². The predicted molar refractivity (Wildman–Crippen MR) is 145 cm³/mol. The van der Waals surface area contributed by atoms with Gasteiger partial charge >= 0.3 is 11.9 Å². The zero-order valence-corrected chi connectivity index (χ0v) is 24.9. The second-order valence-electron chi connectivity index (χ2n) is 13.4. The molecule has 4 fully saturated rings. The molecule has 0 bridgehead atoms. The maximum absolute atomic E-state index is 12.3. The van der Waals surface area contributed by atoms with E-state index in [9.17, 15) is 22.6 Å². The molecule has 0 aromatic heterocycles. The number of hydrogen-bond acceptors (Lipinski definition) is 7. The van der Waals surface area contributed by atoms with Crippen molar-refractivity contribution in [2.24, 2.45) is 46.3 Å². The Kier molecular flexibility index (Phi) is 8.35. The van der Waals surface area contributed by atoms with Crippen LogP contribution in [0.25, 0.3) is 0 Å². The number of esters is 2. The minimum atomic E-state index is -4.12. The maximum atomic E-state index is 12.3. The van der Waals surface area contributed by atoms with Crippen molar-refractivity contribution in [2.45, 2.75) is 111 Å². The molecule has 4 aliphatic rings. The van der Waals surface area contributed by atoms with Crippen LogP contribution >= 0.6 is 0 Å². The van der Waals surface area contributed by atoms with Crippen molar-refractivity contribution >= 4 is 22.1 Å². The summed E-state index contributed by atoms with van der Waals surface area (Å²) in [4.78, 5) is 24.4. The van der Waals surface area contributed by atoms with Gasteiger partial charge in [0.2, 0.25) is 0 Å². The first kappa shape index (κ1) is 29.8. The van der Waals surface area contributed by atoms with Gasteiger partial charge in [0.15, 0.2) is 5.72 Å². The van der Waals surface area contributed by atoms with E-state index in [1.165, 1.54) is 26.7 Å². The Morgan fingerprint density at radius 3 is 2.37 bits per heavy atom. The van der Waals surface area contributed by atoms with Crippen molar-refractivity contribution in [1.82, 2.24) is 5.32 Å². The third-order valence-corrected chi connectivity index (χ3v) is 12.4. The molecule has 0 heterocycles. The van der Waals surface area contributed by atoms with Gasteiger partial charge in [0.05, 0.1) is 5.75 Å². The summed E-state index contributed by atoms with van der Waals surface area (Å²) < 4.78 is 43.9. The molecule has 0 spiro atoms. The molecule has 0 aromatic rings. The first-order chi connectivity index (χ1) is 17.6. The van der Waals surface area contributed by atoms with Crippen LogP contribution in [0.4, 0.5) is 0 Å². The van der Waals surface area contributed by atoms with Crippen molar-refractivity contribution < 1.29 is 32.0 Å². The average molecular weight is 556 g/mol. The quantitative estimate of drug-likeness (QED) is 0.245. The Morgan fingerprint density at radius 2 is 1.76 bits per heavy atom. The topological polar surface area (TPSA) is 119 Å². The van der Waals surface area contributed by atoms with Gasteiger partial charge in [-0.3, -0.25) is 19.5 Å². The zero-order valence-electron chi connectivity index (χ0n) is 24.1. The van der Waals surface area contributed by atoms with Gasteiger partial charge < -0.3 is 9.47 Å². The molecule has 8 nitrogen and oxygen atoms in total. The van der Waals surface area contributed by atoms with Gasteiger partial charge in [0.1, 0.15) is 6.10 Å². The molecule has 4 saturated carbocycles. The summed E-state index contributed by atoms with van der Waals surface area (Å²) in [5.74, 6) is 1.99. The van der Waals surface area contributed by atoms with Crippen LogP contribution in [0, 0.1) is 46.3 Å². The molecule has 0 aliphatic heterocycles. The summed E-state index contributed by atoms with van der Waals surface area (Å²) in [5, 5.41) is 3.20. The molecule has 2 N–H and O–H groups in total. The Bertz CT molecular complexity index is 1020. The molecule has 218 valence electrons. The van der Waals surface area contributed by atoms with Gasteiger partial charge in [-0.1, -0.05) is 34.1 Å². The Labute approximate surface area is 229 Å². The molecule has 0 saturated heterocycles. The number of hydrogen-bond donors (Lipinski definition) is 2. The number of rotatable bonds is 8. The minimum Gasteiger partial charge on any atom is -0.462 e. The highest BCUT2D eigenvalue weighted by Gasteiger charge is 2.65. The second kappa shape index (κ2) is 10.7. The monoisotopic (exact) mass is 555 g/mol. The molecule has 38 heavy (non-hydrogen) atoms. The van der Waals surface area contributed by atoms with Gasteiger partial charge in [-0.15, -0.1) is 0 Å². The van der Waals surface area contributed by atoms with Crippen LogP contribution in [0.15, 0.2) is 0 Å². The molecular weight excluding hydrogens is 506 g/mol. The lowest BCUT2D eigenvalue weighted by atomic mass is 9.43. The van der Waals surface area contributed by atoms with E-state index >= 15 is 0 Å². The summed E-state index contributed by atoms with van der Waals surface area (Å²) in [6, 6.07) is 0. The smallest absolute Gasteiger partial charge is 0.304 e. The maximum Gasteiger partial charge on any atom is 0.304 e. The van der Waals surface area contributed by atoms with Crippen LogP contribution in [0.5, 0.6) is 0 Å². The molecule has 10 atom stereocenters. The Hall–Kier alpha value is -1.19. The Morgan fingerprint density at radius 1 is 1.05 bits per heavy atom. The van der Waals surface area contributed by atoms with Crippen LogP contribution in [0.3, 0.4) is 0 Å². The first-order valence-electron chi connectivity index (χ1n) is 14.7. The van der Waals surface area contributed by atoms with E-state index in [-0.39, 0.29) is 29.4 Å². The van der Waals surface area contributed by atoms with Crippen LogP contribution in [0.1, 0.15) is 99.3 Å². The number of carbonyl (C=O) groups is 2. The van der Waals surface area contributed by atoms with E-state index in [1.54, 1.807) is 0 Å². The highest BCUT2D eigenvalue weighted by molar-refractivity contribution is 7.85. The zero-order chi connectivity index (χ0) is 28.1. The van der Waals surface area contributed by atoms with Gasteiger partial charge in [-0.25, -0.2) is 0 Å². The highest BCUT2D eigenvalue weighted by Crippen LogP contribution is 2.69. The van der Waals surface area contributed by atoms with Gasteiger partial charge in [0, 0.05) is 38.6 Å².